The van der Waals surface area contributed by atoms with E-state index in [1.54, 1.807) is 36.3 Å². The molecule has 2 saturated heterocycles. The maximum absolute atomic E-state index is 13.5. The molecular weight excluding hydrogens is 486 g/mol. The minimum Gasteiger partial charge on any atom is -0.497 e. The van der Waals surface area contributed by atoms with Crippen LogP contribution in [0.15, 0.2) is 82.7 Å². The number of aliphatic imine (C=N–C) groups is 1. The number of thioether (sulfide) groups is 1. The molecule has 8 heteroatoms. The topological polar surface area (TPSA) is 82.4 Å². The van der Waals surface area contributed by atoms with Gasteiger partial charge in [0.2, 0.25) is 0 Å². The molecule has 2 aliphatic heterocycles. The van der Waals surface area contributed by atoms with Gasteiger partial charge >= 0.3 is 5.97 Å². The van der Waals surface area contributed by atoms with Crippen LogP contribution in [-0.4, -0.2) is 47.2 Å². The minimum atomic E-state index is -0.984. The molecule has 0 saturated carbocycles. The van der Waals surface area contributed by atoms with Crippen LogP contribution in [-0.2, 0) is 11.3 Å². The molecule has 0 aliphatic carbocycles. The zero-order valence-corrected chi connectivity index (χ0v) is 21.3. The number of carboxylic acid groups (broad SMARTS) is 1. The molecule has 2 aliphatic rings. The van der Waals surface area contributed by atoms with Crippen molar-refractivity contribution in [3.63, 3.8) is 0 Å². The molecule has 7 nitrogen and oxygen atoms in total. The third kappa shape index (κ3) is 5.70. The standard InChI is InChI=1S/C29H27N3O4S/c1-36-25-14-10-23(11-15-25)30-29-32(19-21-4-8-22(9-5-21)28(34)35)27(33)26(37-29)18-20-6-12-24(13-7-20)31-16-2-3-17-31/h4-15,18H,2-3,16-17,19H2,1H3,(H,34,35)/b26-18-,30-29?. The maximum Gasteiger partial charge on any atom is 0.335 e. The summed E-state index contributed by atoms with van der Waals surface area (Å²) in [7, 11) is 1.61. The van der Waals surface area contributed by atoms with Gasteiger partial charge in [-0.25, -0.2) is 9.79 Å². The van der Waals surface area contributed by atoms with Gasteiger partial charge in [-0.05, 0) is 90.3 Å². The Labute approximate surface area is 220 Å². The zero-order valence-electron chi connectivity index (χ0n) is 20.5. The van der Waals surface area contributed by atoms with Crippen molar-refractivity contribution in [1.29, 1.82) is 0 Å². The van der Waals surface area contributed by atoms with E-state index in [1.807, 2.05) is 42.5 Å². The third-order valence-electron chi connectivity index (χ3n) is 6.39. The molecule has 3 aromatic rings. The number of rotatable bonds is 7. The summed E-state index contributed by atoms with van der Waals surface area (Å²) in [4.78, 5) is 34.1. The molecule has 5 rings (SSSR count). The van der Waals surface area contributed by atoms with Crippen molar-refractivity contribution in [3.05, 3.63) is 94.4 Å². The Kier molecular flexibility index (Phi) is 7.28. The van der Waals surface area contributed by atoms with Crippen LogP contribution in [0.3, 0.4) is 0 Å². The van der Waals surface area contributed by atoms with E-state index in [2.05, 4.69) is 17.0 Å². The SMILES string of the molecule is COc1ccc(N=C2S/C(=C\c3ccc(N4CCCC4)cc3)C(=O)N2Cc2ccc(C(=O)O)cc2)cc1. The molecule has 37 heavy (non-hydrogen) atoms. The first kappa shape index (κ1) is 24.6. The van der Waals surface area contributed by atoms with Crippen molar-refractivity contribution in [3.8, 4) is 5.75 Å². The molecule has 1 N–H and O–H groups in total. The maximum atomic E-state index is 13.5. The van der Waals surface area contributed by atoms with Gasteiger partial charge in [-0.1, -0.05) is 24.3 Å². The number of benzene rings is 3. The van der Waals surface area contributed by atoms with E-state index in [0.29, 0.717) is 15.8 Å². The van der Waals surface area contributed by atoms with Crippen LogP contribution in [0.25, 0.3) is 6.08 Å². The summed E-state index contributed by atoms with van der Waals surface area (Å²) >= 11 is 1.34. The monoisotopic (exact) mass is 513 g/mol. The average Bonchev–Trinajstić information content (AvgIpc) is 3.55. The first-order valence-electron chi connectivity index (χ1n) is 12.1. The summed E-state index contributed by atoms with van der Waals surface area (Å²) in [5.41, 5.74) is 3.89. The third-order valence-corrected chi connectivity index (χ3v) is 7.40. The fourth-order valence-electron chi connectivity index (χ4n) is 4.34. The average molecular weight is 514 g/mol. The van der Waals surface area contributed by atoms with E-state index in [-0.39, 0.29) is 18.0 Å². The lowest BCUT2D eigenvalue weighted by Crippen LogP contribution is -2.28. The van der Waals surface area contributed by atoms with Crippen LogP contribution in [0.1, 0.15) is 34.3 Å². The van der Waals surface area contributed by atoms with Crippen molar-refractivity contribution >= 4 is 46.3 Å². The number of carboxylic acids is 1. The van der Waals surface area contributed by atoms with Crippen LogP contribution in [0.4, 0.5) is 11.4 Å². The summed E-state index contributed by atoms with van der Waals surface area (Å²) in [5, 5.41) is 9.76. The Morgan fingerprint density at radius 2 is 1.68 bits per heavy atom. The van der Waals surface area contributed by atoms with E-state index >= 15 is 0 Å². The van der Waals surface area contributed by atoms with Crippen molar-refractivity contribution in [2.24, 2.45) is 4.99 Å². The van der Waals surface area contributed by atoms with Crippen molar-refractivity contribution in [1.82, 2.24) is 4.90 Å². The van der Waals surface area contributed by atoms with Crippen molar-refractivity contribution in [2.75, 3.05) is 25.1 Å². The lowest BCUT2D eigenvalue weighted by Gasteiger charge is -2.17. The van der Waals surface area contributed by atoms with E-state index in [0.717, 1.165) is 30.0 Å². The van der Waals surface area contributed by atoms with Crippen molar-refractivity contribution < 1.29 is 19.4 Å². The molecule has 0 unspecified atom stereocenters. The molecular formula is C29H27N3O4S. The van der Waals surface area contributed by atoms with Gasteiger partial charge < -0.3 is 14.7 Å². The fourth-order valence-corrected chi connectivity index (χ4v) is 5.34. The second-order valence-corrected chi connectivity index (χ2v) is 9.89. The van der Waals surface area contributed by atoms with E-state index in [4.69, 9.17) is 9.73 Å². The first-order valence-corrected chi connectivity index (χ1v) is 12.9. The Hall–Kier alpha value is -4.04. The van der Waals surface area contributed by atoms with Gasteiger partial charge in [-0.3, -0.25) is 9.69 Å². The Balaban J connectivity index is 1.42. The van der Waals surface area contributed by atoms with Gasteiger partial charge in [-0.2, -0.15) is 0 Å². The van der Waals surface area contributed by atoms with Crippen LogP contribution in [0.2, 0.25) is 0 Å². The summed E-state index contributed by atoms with van der Waals surface area (Å²) in [6.45, 7) is 2.46. The van der Waals surface area contributed by atoms with E-state index in [1.165, 1.54) is 30.3 Å². The number of carbonyl (C=O) groups excluding carboxylic acids is 1. The van der Waals surface area contributed by atoms with Crippen LogP contribution in [0, 0.1) is 0 Å². The minimum absolute atomic E-state index is 0.136. The van der Waals surface area contributed by atoms with Crippen LogP contribution < -0.4 is 9.64 Å². The second-order valence-electron chi connectivity index (χ2n) is 8.88. The largest absolute Gasteiger partial charge is 0.497 e. The highest BCUT2D eigenvalue weighted by atomic mass is 32.2. The molecule has 0 bridgehead atoms. The predicted octanol–water partition coefficient (Wildman–Crippen LogP) is 5.80. The number of amidine groups is 1. The zero-order chi connectivity index (χ0) is 25.8. The van der Waals surface area contributed by atoms with Gasteiger partial charge in [0.1, 0.15) is 5.75 Å². The quantitative estimate of drug-likeness (QED) is 0.402. The number of anilines is 1. The number of aromatic carboxylic acids is 1. The van der Waals surface area contributed by atoms with Gasteiger partial charge in [0.25, 0.3) is 5.91 Å². The fraction of sp³-hybridized carbons (Fsp3) is 0.207. The summed E-state index contributed by atoms with van der Waals surface area (Å²) < 4.78 is 5.23. The van der Waals surface area contributed by atoms with Crippen LogP contribution >= 0.6 is 11.8 Å². The molecule has 188 valence electrons. The lowest BCUT2D eigenvalue weighted by molar-refractivity contribution is -0.122. The molecule has 3 aromatic carbocycles. The van der Waals surface area contributed by atoms with Gasteiger partial charge in [-0.15, -0.1) is 0 Å². The molecule has 0 radical (unpaired) electrons. The number of carbonyl (C=O) groups is 2. The summed E-state index contributed by atoms with van der Waals surface area (Å²) in [6.07, 6.45) is 4.35. The predicted molar refractivity (Wildman–Crippen MR) is 147 cm³/mol. The second kappa shape index (κ2) is 10.9. The Morgan fingerprint density at radius 1 is 1.00 bits per heavy atom. The van der Waals surface area contributed by atoms with E-state index < -0.39 is 5.97 Å². The first-order chi connectivity index (χ1) is 18.0. The Bertz CT molecular complexity index is 1340. The lowest BCUT2D eigenvalue weighted by atomic mass is 10.1. The number of methoxy groups -OCH3 is 1. The summed E-state index contributed by atoms with van der Waals surface area (Å²) in [6, 6.07) is 22.2. The highest BCUT2D eigenvalue weighted by Crippen LogP contribution is 2.36. The smallest absolute Gasteiger partial charge is 0.335 e. The molecule has 2 heterocycles. The molecule has 0 aromatic heterocycles. The molecule has 2 fully saturated rings. The number of hydrogen-bond donors (Lipinski definition) is 1. The van der Waals surface area contributed by atoms with E-state index in [9.17, 15) is 14.7 Å². The highest BCUT2D eigenvalue weighted by molar-refractivity contribution is 8.18. The Morgan fingerprint density at radius 3 is 2.30 bits per heavy atom. The normalized spacial score (nSPS) is 17.7. The molecule has 0 spiro atoms. The number of ether oxygens (including phenoxy) is 1. The highest BCUT2D eigenvalue weighted by Gasteiger charge is 2.33. The summed E-state index contributed by atoms with van der Waals surface area (Å²) in [5.74, 6) is -0.391. The number of hydrogen-bond acceptors (Lipinski definition) is 6. The van der Waals surface area contributed by atoms with Gasteiger partial charge in [0.05, 0.1) is 29.8 Å². The number of nitrogens with zero attached hydrogens (tertiary/aromatic N) is 3. The van der Waals surface area contributed by atoms with Gasteiger partial charge in [0.15, 0.2) is 5.17 Å². The molecule has 0 atom stereocenters. The van der Waals surface area contributed by atoms with Crippen LogP contribution in [0.5, 0.6) is 5.75 Å². The van der Waals surface area contributed by atoms with Crippen molar-refractivity contribution in [2.45, 2.75) is 19.4 Å². The van der Waals surface area contributed by atoms with Gasteiger partial charge in [0, 0.05) is 18.8 Å². The number of amides is 1. The molecule has 1 amide bonds.